The normalized spacial score (nSPS) is 13.2. The van der Waals surface area contributed by atoms with Gasteiger partial charge in [-0.15, -0.1) is 0 Å². The Morgan fingerprint density at radius 1 is 1.38 bits per heavy atom. The SMILES string of the molecule is CN(C=N)C(=N)c1cc(C#N)ccc1-c1cc(Cl)nc(C2CC2)c1. The molecule has 2 aromatic rings. The van der Waals surface area contributed by atoms with Crippen LogP contribution in [0.1, 0.15) is 35.6 Å². The number of aromatic nitrogens is 1. The lowest BCUT2D eigenvalue weighted by atomic mass is 9.96. The summed E-state index contributed by atoms with van der Waals surface area (Å²) in [5.41, 5.74) is 3.71. The molecule has 0 bridgehead atoms. The first kappa shape index (κ1) is 16.2. The minimum Gasteiger partial charge on any atom is -0.321 e. The van der Waals surface area contributed by atoms with Crippen molar-refractivity contribution < 1.29 is 0 Å². The van der Waals surface area contributed by atoms with E-state index in [4.69, 9.17) is 27.7 Å². The van der Waals surface area contributed by atoms with Crippen molar-refractivity contribution in [3.63, 3.8) is 0 Å². The van der Waals surface area contributed by atoms with Crippen LogP contribution in [0.4, 0.5) is 0 Å². The smallest absolute Gasteiger partial charge is 0.133 e. The highest BCUT2D eigenvalue weighted by atomic mass is 35.5. The maximum Gasteiger partial charge on any atom is 0.133 e. The molecule has 0 atom stereocenters. The maximum atomic E-state index is 9.16. The Morgan fingerprint density at radius 2 is 2.12 bits per heavy atom. The second-order valence-corrected chi connectivity index (χ2v) is 6.23. The minimum atomic E-state index is 0.151. The third-order valence-electron chi connectivity index (χ3n) is 4.07. The zero-order valence-electron chi connectivity index (χ0n) is 13.2. The van der Waals surface area contributed by atoms with E-state index in [-0.39, 0.29) is 5.84 Å². The summed E-state index contributed by atoms with van der Waals surface area (Å²) >= 11 is 6.19. The zero-order chi connectivity index (χ0) is 17.3. The molecule has 1 saturated carbocycles. The summed E-state index contributed by atoms with van der Waals surface area (Å²) < 4.78 is 0. The van der Waals surface area contributed by atoms with Gasteiger partial charge in [-0.3, -0.25) is 10.8 Å². The first-order valence-electron chi connectivity index (χ1n) is 7.58. The molecule has 3 rings (SSSR count). The van der Waals surface area contributed by atoms with Crippen molar-refractivity contribution in [3.8, 4) is 17.2 Å². The minimum absolute atomic E-state index is 0.151. The Balaban J connectivity index is 2.15. The lowest BCUT2D eigenvalue weighted by Gasteiger charge is -2.18. The van der Waals surface area contributed by atoms with Gasteiger partial charge >= 0.3 is 0 Å². The molecule has 1 aromatic heterocycles. The first-order chi connectivity index (χ1) is 11.5. The van der Waals surface area contributed by atoms with Gasteiger partial charge in [0.05, 0.1) is 18.0 Å². The summed E-state index contributed by atoms with van der Waals surface area (Å²) in [6, 6.07) is 11.1. The maximum absolute atomic E-state index is 9.16. The second-order valence-electron chi connectivity index (χ2n) is 5.84. The van der Waals surface area contributed by atoms with Crippen LogP contribution in [0, 0.1) is 22.1 Å². The van der Waals surface area contributed by atoms with E-state index in [0.717, 1.165) is 36.0 Å². The van der Waals surface area contributed by atoms with Crippen LogP contribution in [-0.4, -0.2) is 29.1 Å². The van der Waals surface area contributed by atoms with Crippen molar-refractivity contribution in [2.24, 2.45) is 0 Å². The van der Waals surface area contributed by atoms with Crippen LogP contribution in [0.2, 0.25) is 5.15 Å². The predicted molar refractivity (Wildman–Crippen MR) is 94.7 cm³/mol. The fraction of sp³-hybridized carbons (Fsp3) is 0.222. The summed E-state index contributed by atoms with van der Waals surface area (Å²) in [5.74, 6) is 0.617. The highest BCUT2D eigenvalue weighted by molar-refractivity contribution is 6.29. The van der Waals surface area contributed by atoms with Gasteiger partial charge in [-0.25, -0.2) is 4.98 Å². The van der Waals surface area contributed by atoms with Gasteiger partial charge in [-0.05, 0) is 48.2 Å². The summed E-state index contributed by atoms with van der Waals surface area (Å²) in [5, 5.41) is 25.3. The van der Waals surface area contributed by atoms with Gasteiger partial charge in [-0.2, -0.15) is 5.26 Å². The van der Waals surface area contributed by atoms with E-state index < -0.39 is 0 Å². The van der Waals surface area contributed by atoms with Crippen LogP contribution < -0.4 is 0 Å². The van der Waals surface area contributed by atoms with Crippen LogP contribution in [-0.2, 0) is 0 Å². The van der Waals surface area contributed by atoms with Crippen molar-refractivity contribution >= 4 is 23.8 Å². The number of hydrogen-bond donors (Lipinski definition) is 2. The fourth-order valence-electron chi connectivity index (χ4n) is 2.58. The summed E-state index contributed by atoms with van der Waals surface area (Å²) in [7, 11) is 1.63. The molecule has 120 valence electrons. The van der Waals surface area contributed by atoms with Gasteiger partial charge in [0.1, 0.15) is 11.0 Å². The van der Waals surface area contributed by atoms with E-state index >= 15 is 0 Å². The van der Waals surface area contributed by atoms with E-state index in [1.807, 2.05) is 12.1 Å². The number of amidine groups is 1. The van der Waals surface area contributed by atoms with Crippen LogP contribution in [0.25, 0.3) is 11.1 Å². The number of hydrogen-bond acceptors (Lipinski definition) is 4. The molecular weight excluding hydrogens is 322 g/mol. The molecule has 5 nitrogen and oxygen atoms in total. The summed E-state index contributed by atoms with van der Waals surface area (Å²) in [6.45, 7) is 0. The van der Waals surface area contributed by atoms with Gasteiger partial charge < -0.3 is 4.90 Å². The lowest BCUT2D eigenvalue weighted by molar-refractivity contribution is 0.765. The number of rotatable bonds is 4. The largest absolute Gasteiger partial charge is 0.321 e. The van der Waals surface area contributed by atoms with Crippen molar-refractivity contribution in [3.05, 3.63) is 52.3 Å². The van der Waals surface area contributed by atoms with E-state index in [1.165, 1.54) is 4.90 Å². The first-order valence-corrected chi connectivity index (χ1v) is 7.95. The van der Waals surface area contributed by atoms with Crippen LogP contribution in [0.3, 0.4) is 0 Å². The molecule has 0 radical (unpaired) electrons. The highest BCUT2D eigenvalue weighted by Crippen LogP contribution is 2.41. The second kappa shape index (κ2) is 6.42. The molecule has 1 aliphatic rings. The summed E-state index contributed by atoms with van der Waals surface area (Å²) in [4.78, 5) is 5.79. The Kier molecular flexibility index (Phi) is 4.32. The third-order valence-corrected chi connectivity index (χ3v) is 4.26. The Bertz CT molecular complexity index is 864. The Hall–Kier alpha value is -2.71. The molecule has 1 heterocycles. The molecule has 1 aromatic carbocycles. The van der Waals surface area contributed by atoms with Crippen molar-refractivity contribution in [1.29, 1.82) is 16.1 Å². The van der Waals surface area contributed by atoms with Gasteiger partial charge in [0.2, 0.25) is 0 Å². The molecular formula is C18H16ClN5. The van der Waals surface area contributed by atoms with Crippen molar-refractivity contribution in [2.75, 3.05) is 7.05 Å². The number of pyridine rings is 1. The monoisotopic (exact) mass is 337 g/mol. The van der Waals surface area contributed by atoms with Crippen LogP contribution in [0.5, 0.6) is 0 Å². The molecule has 0 amide bonds. The van der Waals surface area contributed by atoms with Gasteiger partial charge in [0.25, 0.3) is 0 Å². The number of halogens is 1. The highest BCUT2D eigenvalue weighted by Gasteiger charge is 2.26. The average molecular weight is 338 g/mol. The van der Waals surface area contributed by atoms with Crippen molar-refractivity contribution in [2.45, 2.75) is 18.8 Å². The lowest BCUT2D eigenvalue weighted by Crippen LogP contribution is -2.25. The van der Waals surface area contributed by atoms with Crippen LogP contribution >= 0.6 is 11.6 Å². The van der Waals surface area contributed by atoms with E-state index in [0.29, 0.717) is 22.2 Å². The summed E-state index contributed by atoms with van der Waals surface area (Å²) in [6.07, 6.45) is 3.32. The van der Waals surface area contributed by atoms with Crippen LogP contribution in [0.15, 0.2) is 30.3 Å². The number of nitriles is 1. The van der Waals surface area contributed by atoms with Gasteiger partial charge in [0.15, 0.2) is 0 Å². The molecule has 2 N–H and O–H groups in total. The zero-order valence-corrected chi connectivity index (χ0v) is 13.9. The van der Waals surface area contributed by atoms with E-state index in [2.05, 4.69) is 11.1 Å². The molecule has 1 aliphatic carbocycles. The number of nitrogens with one attached hydrogen (secondary N) is 2. The molecule has 6 heteroatoms. The quantitative estimate of drug-likeness (QED) is 0.502. The molecule has 0 aliphatic heterocycles. The average Bonchev–Trinajstić information content (AvgIpc) is 3.44. The fourth-order valence-corrected chi connectivity index (χ4v) is 2.79. The Labute approximate surface area is 145 Å². The number of benzene rings is 1. The molecule has 24 heavy (non-hydrogen) atoms. The van der Waals surface area contributed by atoms with Gasteiger partial charge in [0, 0.05) is 24.2 Å². The molecule has 0 spiro atoms. The Morgan fingerprint density at radius 3 is 2.75 bits per heavy atom. The number of nitrogens with zero attached hydrogens (tertiary/aromatic N) is 3. The van der Waals surface area contributed by atoms with Gasteiger partial charge in [-0.1, -0.05) is 17.7 Å². The van der Waals surface area contributed by atoms with Crippen molar-refractivity contribution in [1.82, 2.24) is 9.88 Å². The topological polar surface area (TPSA) is 87.6 Å². The predicted octanol–water partition coefficient (Wildman–Crippen LogP) is 4.02. The molecule has 0 saturated heterocycles. The molecule has 1 fully saturated rings. The van der Waals surface area contributed by atoms with E-state index in [1.54, 1.807) is 25.2 Å². The standard InChI is InChI=1S/C18H16ClN5/c1-24(10-21)18(22)15-6-11(9-20)2-5-14(15)13-7-16(12-3-4-12)23-17(19)8-13/h2,5-8,10,12,21-22H,3-4H2,1H3. The van der Waals surface area contributed by atoms with E-state index in [9.17, 15) is 0 Å². The third kappa shape index (κ3) is 3.15. The molecule has 0 unspecified atom stereocenters.